The van der Waals surface area contributed by atoms with Crippen LogP contribution in [0.5, 0.6) is 0 Å². The minimum atomic E-state index is -3.85. The first-order valence-electron chi connectivity index (χ1n) is 11.1. The second kappa shape index (κ2) is 10.8. The summed E-state index contributed by atoms with van der Waals surface area (Å²) in [5, 5.41) is 2.28. The fraction of sp³-hybridized carbons (Fsp3) is 0.200. The molecule has 3 aromatic carbocycles. The molecule has 1 saturated heterocycles. The van der Waals surface area contributed by atoms with Crippen LogP contribution in [0, 0.1) is 11.6 Å². The lowest BCUT2D eigenvalue weighted by molar-refractivity contribution is -0.119. The van der Waals surface area contributed by atoms with Crippen molar-refractivity contribution in [3.8, 4) is 0 Å². The molecule has 1 fully saturated rings. The van der Waals surface area contributed by atoms with E-state index < -0.39 is 40.1 Å². The van der Waals surface area contributed by atoms with Crippen molar-refractivity contribution in [1.82, 2.24) is 4.31 Å². The number of para-hydroxylation sites is 1. The fourth-order valence-corrected chi connectivity index (χ4v) is 5.21. The van der Waals surface area contributed by atoms with Gasteiger partial charge in [0.25, 0.3) is 5.91 Å². The molecule has 36 heavy (non-hydrogen) atoms. The van der Waals surface area contributed by atoms with E-state index in [-0.39, 0.29) is 29.2 Å². The lowest BCUT2D eigenvalue weighted by Gasteiger charge is -2.35. The van der Waals surface area contributed by atoms with Crippen molar-refractivity contribution in [2.75, 3.05) is 43.0 Å². The first-order chi connectivity index (χ1) is 17.2. The highest BCUT2D eigenvalue weighted by Gasteiger charge is 2.29. The number of anilines is 2. The molecular weight excluding hydrogens is 492 g/mol. The predicted molar refractivity (Wildman–Crippen MR) is 129 cm³/mol. The summed E-state index contributed by atoms with van der Waals surface area (Å²) in [6, 6.07) is 17.9. The molecule has 0 radical (unpaired) electrons. The average molecular weight is 516 g/mol. The van der Waals surface area contributed by atoms with Crippen LogP contribution in [0.15, 0.2) is 77.7 Å². The molecule has 4 rings (SSSR count). The monoisotopic (exact) mass is 515 g/mol. The van der Waals surface area contributed by atoms with E-state index in [4.69, 9.17) is 4.74 Å². The van der Waals surface area contributed by atoms with Crippen LogP contribution in [-0.4, -0.2) is 57.4 Å². The Morgan fingerprint density at radius 2 is 1.58 bits per heavy atom. The maximum atomic E-state index is 13.3. The number of carbonyl (C=O) groups is 2. The molecule has 0 unspecified atom stereocenters. The zero-order chi connectivity index (χ0) is 25.7. The standard InChI is InChI=1S/C25H23F2N3O5S/c26-22-10-9-19(16-23(22)27)28-24(31)17-35-25(32)18-5-4-8-21(15-18)36(33,34)30-13-11-29(12-14-30)20-6-2-1-3-7-20/h1-10,15-16H,11-14,17H2,(H,28,31). The summed E-state index contributed by atoms with van der Waals surface area (Å²) in [6.07, 6.45) is 0. The van der Waals surface area contributed by atoms with Crippen LogP contribution in [0.3, 0.4) is 0 Å². The Labute approximate surface area is 207 Å². The van der Waals surface area contributed by atoms with Gasteiger partial charge in [-0.2, -0.15) is 4.31 Å². The Hall–Kier alpha value is -3.83. The van der Waals surface area contributed by atoms with Gasteiger partial charge >= 0.3 is 5.97 Å². The van der Waals surface area contributed by atoms with E-state index in [1.165, 1.54) is 28.6 Å². The van der Waals surface area contributed by atoms with E-state index in [1.807, 2.05) is 30.3 Å². The highest BCUT2D eigenvalue weighted by Crippen LogP contribution is 2.22. The van der Waals surface area contributed by atoms with Gasteiger partial charge in [0.2, 0.25) is 10.0 Å². The van der Waals surface area contributed by atoms with E-state index in [1.54, 1.807) is 0 Å². The lowest BCUT2D eigenvalue weighted by Crippen LogP contribution is -2.48. The van der Waals surface area contributed by atoms with E-state index in [9.17, 15) is 26.8 Å². The van der Waals surface area contributed by atoms with Gasteiger partial charge in [-0.1, -0.05) is 24.3 Å². The number of piperazine rings is 1. The number of ether oxygens (including phenoxy) is 1. The highest BCUT2D eigenvalue weighted by molar-refractivity contribution is 7.89. The number of nitrogens with zero attached hydrogens (tertiary/aromatic N) is 2. The molecule has 1 amide bonds. The number of sulfonamides is 1. The van der Waals surface area contributed by atoms with Crippen LogP contribution >= 0.6 is 0 Å². The molecule has 0 saturated carbocycles. The number of benzene rings is 3. The summed E-state index contributed by atoms with van der Waals surface area (Å²) in [4.78, 5) is 26.5. The molecule has 1 aliphatic heterocycles. The van der Waals surface area contributed by atoms with Crippen molar-refractivity contribution in [3.63, 3.8) is 0 Å². The Kier molecular flexibility index (Phi) is 7.61. The summed E-state index contributed by atoms with van der Waals surface area (Å²) in [5.41, 5.74) is 0.975. The van der Waals surface area contributed by atoms with E-state index in [0.29, 0.717) is 13.1 Å². The highest BCUT2D eigenvalue weighted by atomic mass is 32.2. The topological polar surface area (TPSA) is 96.0 Å². The van der Waals surface area contributed by atoms with Crippen LogP contribution in [-0.2, 0) is 19.6 Å². The Morgan fingerprint density at radius 1 is 0.861 bits per heavy atom. The van der Waals surface area contributed by atoms with Crippen LogP contribution < -0.4 is 10.2 Å². The van der Waals surface area contributed by atoms with E-state index >= 15 is 0 Å². The molecular formula is C25H23F2N3O5S. The predicted octanol–water partition coefficient (Wildman–Crippen LogP) is 3.27. The normalized spacial score (nSPS) is 14.3. The van der Waals surface area contributed by atoms with Crippen molar-refractivity contribution >= 4 is 33.3 Å². The van der Waals surface area contributed by atoms with Gasteiger partial charge in [-0.25, -0.2) is 22.0 Å². The van der Waals surface area contributed by atoms with E-state index in [2.05, 4.69) is 10.2 Å². The minimum Gasteiger partial charge on any atom is -0.452 e. The molecule has 0 atom stereocenters. The molecule has 0 aliphatic carbocycles. The zero-order valence-electron chi connectivity index (χ0n) is 19.1. The number of carbonyl (C=O) groups excluding carboxylic acids is 2. The van der Waals surface area contributed by atoms with E-state index in [0.717, 1.165) is 23.9 Å². The summed E-state index contributed by atoms with van der Waals surface area (Å²) in [6.45, 7) is 0.929. The number of rotatable bonds is 7. The summed E-state index contributed by atoms with van der Waals surface area (Å²) >= 11 is 0. The third kappa shape index (κ3) is 5.86. The van der Waals surface area contributed by atoms with Crippen LogP contribution in [0.1, 0.15) is 10.4 Å². The molecule has 1 N–H and O–H groups in total. The number of amides is 1. The molecule has 0 aromatic heterocycles. The van der Waals surface area contributed by atoms with Crippen molar-refractivity contribution < 1.29 is 31.5 Å². The number of halogens is 2. The molecule has 3 aromatic rings. The summed E-state index contributed by atoms with van der Waals surface area (Å²) < 4.78 is 58.9. The molecule has 1 aliphatic rings. The van der Waals surface area contributed by atoms with Crippen LogP contribution in [0.2, 0.25) is 0 Å². The maximum Gasteiger partial charge on any atom is 0.338 e. The molecule has 188 valence electrons. The number of hydrogen-bond donors (Lipinski definition) is 1. The fourth-order valence-electron chi connectivity index (χ4n) is 3.74. The average Bonchev–Trinajstić information content (AvgIpc) is 2.90. The molecule has 1 heterocycles. The van der Waals surface area contributed by atoms with Gasteiger partial charge in [0, 0.05) is 43.6 Å². The third-order valence-corrected chi connectivity index (χ3v) is 7.50. The van der Waals surface area contributed by atoms with Crippen molar-refractivity contribution in [3.05, 3.63) is 90.0 Å². The molecule has 11 heteroatoms. The molecule has 8 nitrogen and oxygen atoms in total. The quantitative estimate of drug-likeness (QED) is 0.486. The summed E-state index contributed by atoms with van der Waals surface area (Å²) in [5.74, 6) is -3.87. The Bertz CT molecular complexity index is 1360. The van der Waals surface area contributed by atoms with Crippen LogP contribution in [0.25, 0.3) is 0 Å². The van der Waals surface area contributed by atoms with Gasteiger partial charge in [-0.15, -0.1) is 0 Å². The van der Waals surface area contributed by atoms with Crippen molar-refractivity contribution in [1.29, 1.82) is 0 Å². The van der Waals surface area contributed by atoms with Gasteiger partial charge in [0.1, 0.15) is 0 Å². The Morgan fingerprint density at radius 3 is 2.28 bits per heavy atom. The zero-order valence-corrected chi connectivity index (χ0v) is 19.9. The largest absolute Gasteiger partial charge is 0.452 e. The molecule has 0 bridgehead atoms. The van der Waals surface area contributed by atoms with Gasteiger partial charge in [0.15, 0.2) is 18.2 Å². The minimum absolute atomic E-state index is 0.00426. The molecule has 0 spiro atoms. The third-order valence-electron chi connectivity index (χ3n) is 5.61. The van der Waals surface area contributed by atoms with Gasteiger partial charge < -0.3 is 15.0 Å². The Balaban J connectivity index is 1.35. The maximum absolute atomic E-state index is 13.3. The second-order valence-corrected chi connectivity index (χ2v) is 9.95. The lowest BCUT2D eigenvalue weighted by atomic mass is 10.2. The second-order valence-electron chi connectivity index (χ2n) is 8.01. The smallest absolute Gasteiger partial charge is 0.338 e. The first kappa shape index (κ1) is 25.3. The number of hydrogen-bond acceptors (Lipinski definition) is 6. The summed E-state index contributed by atoms with van der Waals surface area (Å²) in [7, 11) is -3.85. The van der Waals surface area contributed by atoms with Gasteiger partial charge in [0.05, 0.1) is 10.5 Å². The SMILES string of the molecule is O=C(COC(=O)c1cccc(S(=O)(=O)N2CCN(c3ccccc3)CC2)c1)Nc1ccc(F)c(F)c1. The van der Waals surface area contributed by atoms with Crippen molar-refractivity contribution in [2.24, 2.45) is 0 Å². The van der Waals surface area contributed by atoms with Crippen LogP contribution in [0.4, 0.5) is 20.2 Å². The number of esters is 1. The first-order valence-corrected chi connectivity index (χ1v) is 12.5. The van der Waals surface area contributed by atoms with Gasteiger partial charge in [-0.3, -0.25) is 4.79 Å². The van der Waals surface area contributed by atoms with Gasteiger partial charge in [-0.05, 0) is 42.5 Å². The van der Waals surface area contributed by atoms with Crippen molar-refractivity contribution in [2.45, 2.75) is 4.90 Å². The number of nitrogens with one attached hydrogen (secondary N) is 1.